The van der Waals surface area contributed by atoms with Gasteiger partial charge < -0.3 is 16.0 Å². The van der Waals surface area contributed by atoms with Gasteiger partial charge in [0, 0.05) is 32.1 Å². The standard InChI is InChI=1S/C16H20F3N5.HI/c1-20-15(22-9-8-16(17,18)19)23-11-10-21-14-7-6-12-4-2-3-5-13(12)24-14;/h2-7H,8-11H2,1H3,(H,21,24)(H2,20,22,23);1H. The molecule has 1 aromatic carbocycles. The smallest absolute Gasteiger partial charge is 0.368 e. The van der Waals surface area contributed by atoms with E-state index in [0.29, 0.717) is 19.0 Å². The van der Waals surface area contributed by atoms with E-state index >= 15 is 0 Å². The van der Waals surface area contributed by atoms with E-state index in [0.717, 1.165) is 16.7 Å². The predicted octanol–water partition coefficient (Wildman–Crippen LogP) is 3.38. The van der Waals surface area contributed by atoms with Gasteiger partial charge in [-0.1, -0.05) is 18.2 Å². The van der Waals surface area contributed by atoms with Crippen molar-refractivity contribution in [2.45, 2.75) is 12.6 Å². The van der Waals surface area contributed by atoms with E-state index in [4.69, 9.17) is 0 Å². The van der Waals surface area contributed by atoms with Gasteiger partial charge in [-0.15, -0.1) is 24.0 Å². The molecule has 25 heavy (non-hydrogen) atoms. The molecule has 3 N–H and O–H groups in total. The summed E-state index contributed by atoms with van der Waals surface area (Å²) in [5.74, 6) is 1.09. The van der Waals surface area contributed by atoms with Gasteiger partial charge >= 0.3 is 6.18 Å². The largest absolute Gasteiger partial charge is 0.390 e. The molecule has 0 aliphatic carbocycles. The third-order valence-electron chi connectivity index (χ3n) is 3.25. The lowest BCUT2D eigenvalue weighted by atomic mass is 10.2. The number of benzene rings is 1. The van der Waals surface area contributed by atoms with Crippen LogP contribution in [-0.2, 0) is 0 Å². The number of para-hydroxylation sites is 1. The van der Waals surface area contributed by atoms with Gasteiger partial charge in [0.05, 0.1) is 11.9 Å². The Hall–Kier alpha value is -1.78. The lowest BCUT2D eigenvalue weighted by Gasteiger charge is -2.13. The van der Waals surface area contributed by atoms with Crippen molar-refractivity contribution in [2.75, 3.05) is 32.0 Å². The fourth-order valence-corrected chi connectivity index (χ4v) is 2.08. The average Bonchev–Trinajstić information content (AvgIpc) is 2.55. The van der Waals surface area contributed by atoms with Crippen molar-refractivity contribution in [3.05, 3.63) is 36.4 Å². The first kappa shape index (κ1) is 21.3. The monoisotopic (exact) mass is 467 g/mol. The van der Waals surface area contributed by atoms with Crippen molar-refractivity contribution >= 4 is 46.7 Å². The minimum atomic E-state index is -4.17. The lowest BCUT2D eigenvalue weighted by molar-refractivity contribution is -0.132. The van der Waals surface area contributed by atoms with Crippen molar-refractivity contribution in [2.24, 2.45) is 4.99 Å². The molecule has 0 saturated heterocycles. The minimum absolute atomic E-state index is 0. The molecule has 1 aromatic heterocycles. The van der Waals surface area contributed by atoms with Crippen LogP contribution in [0, 0.1) is 0 Å². The number of aromatic nitrogens is 1. The van der Waals surface area contributed by atoms with Gasteiger partial charge in [0.1, 0.15) is 5.82 Å². The summed E-state index contributed by atoms with van der Waals surface area (Å²) in [6.45, 7) is 0.855. The quantitative estimate of drug-likeness (QED) is 0.264. The second-order valence-corrected chi connectivity index (χ2v) is 5.11. The second-order valence-electron chi connectivity index (χ2n) is 5.11. The Kier molecular flexibility index (Phi) is 8.73. The van der Waals surface area contributed by atoms with Gasteiger partial charge in [-0.3, -0.25) is 4.99 Å². The van der Waals surface area contributed by atoms with Crippen molar-refractivity contribution in [1.82, 2.24) is 15.6 Å². The van der Waals surface area contributed by atoms with Gasteiger partial charge in [-0.25, -0.2) is 4.98 Å². The molecule has 2 rings (SSSR count). The maximum Gasteiger partial charge on any atom is 0.390 e. The van der Waals surface area contributed by atoms with Gasteiger partial charge in [0.25, 0.3) is 0 Å². The summed E-state index contributed by atoms with van der Waals surface area (Å²) in [5.41, 5.74) is 0.903. The molecule has 0 spiro atoms. The maximum atomic E-state index is 12.1. The molecule has 0 fully saturated rings. The minimum Gasteiger partial charge on any atom is -0.368 e. The lowest BCUT2D eigenvalue weighted by Crippen LogP contribution is -2.40. The fourth-order valence-electron chi connectivity index (χ4n) is 2.08. The van der Waals surface area contributed by atoms with E-state index in [2.05, 4.69) is 25.9 Å². The molecule has 0 atom stereocenters. The van der Waals surface area contributed by atoms with Crippen molar-refractivity contribution in [1.29, 1.82) is 0 Å². The van der Waals surface area contributed by atoms with Crippen molar-refractivity contribution < 1.29 is 13.2 Å². The average molecular weight is 467 g/mol. The summed E-state index contributed by atoms with van der Waals surface area (Å²) < 4.78 is 36.3. The van der Waals surface area contributed by atoms with E-state index in [1.807, 2.05) is 36.4 Å². The molecule has 9 heteroatoms. The Morgan fingerprint density at radius 1 is 1.04 bits per heavy atom. The zero-order valence-electron chi connectivity index (χ0n) is 13.7. The van der Waals surface area contributed by atoms with Crippen LogP contribution in [0.4, 0.5) is 19.0 Å². The molecule has 5 nitrogen and oxygen atoms in total. The number of alkyl halides is 3. The topological polar surface area (TPSA) is 61.3 Å². The number of rotatable bonds is 6. The summed E-state index contributed by atoms with van der Waals surface area (Å²) >= 11 is 0. The summed E-state index contributed by atoms with van der Waals surface area (Å²) in [6, 6.07) is 11.7. The maximum absolute atomic E-state index is 12.1. The van der Waals surface area contributed by atoms with Crippen LogP contribution in [0.3, 0.4) is 0 Å². The summed E-state index contributed by atoms with van der Waals surface area (Å²) in [5, 5.41) is 9.79. The van der Waals surface area contributed by atoms with Crippen LogP contribution in [0.25, 0.3) is 10.9 Å². The van der Waals surface area contributed by atoms with Crippen molar-refractivity contribution in [3.8, 4) is 0 Å². The Balaban J connectivity index is 0.00000312. The first-order valence-electron chi connectivity index (χ1n) is 7.59. The number of nitrogens with one attached hydrogen (secondary N) is 3. The summed E-state index contributed by atoms with van der Waals surface area (Å²) in [4.78, 5) is 8.36. The predicted molar refractivity (Wildman–Crippen MR) is 106 cm³/mol. The first-order valence-corrected chi connectivity index (χ1v) is 7.59. The van der Waals surface area contributed by atoms with Crippen LogP contribution in [0.15, 0.2) is 41.4 Å². The SMILES string of the molecule is CN=C(NCCNc1ccc2ccccc2n1)NCCC(F)(F)F.I. The van der Waals surface area contributed by atoms with Crippen LogP contribution in [0.1, 0.15) is 6.42 Å². The molecule has 1 heterocycles. The summed E-state index contributed by atoms with van der Waals surface area (Å²) in [7, 11) is 1.52. The molecular weight excluding hydrogens is 446 g/mol. The van der Waals surface area contributed by atoms with Crippen LogP contribution in [0.5, 0.6) is 0 Å². The van der Waals surface area contributed by atoms with Crippen molar-refractivity contribution in [3.63, 3.8) is 0 Å². The molecule has 0 radical (unpaired) electrons. The number of halogens is 4. The van der Waals surface area contributed by atoms with Gasteiger partial charge in [-0.2, -0.15) is 13.2 Å². The van der Waals surface area contributed by atoms with E-state index < -0.39 is 12.6 Å². The molecule has 138 valence electrons. The first-order chi connectivity index (χ1) is 11.5. The zero-order valence-corrected chi connectivity index (χ0v) is 16.1. The molecule has 0 amide bonds. The van der Waals surface area contributed by atoms with Crippen LogP contribution in [0.2, 0.25) is 0 Å². The number of pyridine rings is 1. The van der Waals surface area contributed by atoms with Crippen LogP contribution in [-0.4, -0.2) is 43.8 Å². The highest BCUT2D eigenvalue weighted by Crippen LogP contribution is 2.18. The highest BCUT2D eigenvalue weighted by molar-refractivity contribution is 14.0. The Morgan fingerprint density at radius 3 is 2.48 bits per heavy atom. The number of hydrogen-bond donors (Lipinski definition) is 3. The molecule has 0 aliphatic heterocycles. The third-order valence-corrected chi connectivity index (χ3v) is 3.25. The number of hydrogen-bond acceptors (Lipinski definition) is 3. The normalized spacial score (nSPS) is 11.8. The van der Waals surface area contributed by atoms with E-state index in [-0.39, 0.29) is 30.5 Å². The Morgan fingerprint density at radius 2 is 1.76 bits per heavy atom. The molecule has 0 bridgehead atoms. The molecular formula is C16H21F3IN5. The second kappa shape index (κ2) is 10.3. The Bertz CT molecular complexity index is 691. The van der Waals surface area contributed by atoms with Crippen LogP contribution < -0.4 is 16.0 Å². The fraction of sp³-hybridized carbons (Fsp3) is 0.375. The third kappa shape index (κ3) is 7.76. The molecule has 0 unspecified atom stereocenters. The molecule has 0 saturated carbocycles. The van der Waals surface area contributed by atoms with Gasteiger partial charge in [0.2, 0.25) is 0 Å². The number of anilines is 1. The number of aliphatic imine (C=N–C) groups is 1. The number of guanidine groups is 1. The number of nitrogens with zero attached hydrogens (tertiary/aromatic N) is 2. The summed E-state index contributed by atoms with van der Waals surface area (Å²) in [6.07, 6.45) is -5.07. The van der Waals surface area contributed by atoms with Gasteiger partial charge in [-0.05, 0) is 18.2 Å². The van der Waals surface area contributed by atoms with Crippen LogP contribution >= 0.6 is 24.0 Å². The van der Waals surface area contributed by atoms with Gasteiger partial charge in [0.15, 0.2) is 5.96 Å². The zero-order chi connectivity index (χ0) is 17.4. The highest BCUT2D eigenvalue weighted by atomic mass is 127. The number of fused-ring (bicyclic) bond motifs is 1. The van der Waals surface area contributed by atoms with E-state index in [1.165, 1.54) is 7.05 Å². The van der Waals surface area contributed by atoms with E-state index in [1.54, 1.807) is 0 Å². The molecule has 2 aromatic rings. The highest BCUT2D eigenvalue weighted by Gasteiger charge is 2.26. The molecule has 0 aliphatic rings. The van der Waals surface area contributed by atoms with E-state index in [9.17, 15) is 13.2 Å². The Labute approximate surface area is 161 Å².